The van der Waals surface area contributed by atoms with Gasteiger partial charge in [-0.3, -0.25) is 24.5 Å². The molecule has 0 unspecified atom stereocenters. The second-order valence-electron chi connectivity index (χ2n) is 5.60. The number of nitro groups is 1. The number of halogens is 1. The Morgan fingerprint density at radius 3 is 2.71 bits per heavy atom. The number of ether oxygens (including phenoxy) is 1. The molecular formula is C17H16ClN3O7. The number of hydrogen-bond acceptors (Lipinski definition) is 7. The maximum Gasteiger partial charge on any atom is 0.325 e. The fraction of sp³-hybridized carbons (Fsp3) is 0.235. The Morgan fingerprint density at radius 1 is 1.32 bits per heavy atom. The molecule has 0 aliphatic carbocycles. The average Bonchev–Trinajstić information content (AvgIpc) is 3.17. The monoisotopic (exact) mass is 409 g/mol. The quantitative estimate of drug-likeness (QED) is 0.399. The highest BCUT2D eigenvalue weighted by atomic mass is 35.5. The summed E-state index contributed by atoms with van der Waals surface area (Å²) in [6, 6.07) is 6.87. The number of carbonyl (C=O) groups excluding carboxylic acids is 3. The van der Waals surface area contributed by atoms with Crippen LogP contribution in [0.4, 0.5) is 5.69 Å². The minimum atomic E-state index is -0.837. The van der Waals surface area contributed by atoms with Crippen LogP contribution in [0.2, 0.25) is 5.02 Å². The highest BCUT2D eigenvalue weighted by Crippen LogP contribution is 2.24. The summed E-state index contributed by atoms with van der Waals surface area (Å²) in [4.78, 5) is 47.0. The number of amides is 2. The zero-order valence-electron chi connectivity index (χ0n) is 14.7. The lowest BCUT2D eigenvalue weighted by atomic mass is 10.2. The number of hydrogen-bond donors (Lipinski definition) is 1. The van der Waals surface area contributed by atoms with Crippen molar-refractivity contribution in [1.82, 2.24) is 10.2 Å². The summed E-state index contributed by atoms with van der Waals surface area (Å²) in [5.41, 5.74) is -0.472. The van der Waals surface area contributed by atoms with E-state index in [0.717, 1.165) is 6.07 Å². The van der Waals surface area contributed by atoms with E-state index in [9.17, 15) is 24.5 Å². The van der Waals surface area contributed by atoms with E-state index in [1.165, 1.54) is 30.3 Å². The topological polar surface area (TPSA) is 132 Å². The summed E-state index contributed by atoms with van der Waals surface area (Å²) >= 11 is 5.68. The smallest absolute Gasteiger partial charge is 0.325 e. The van der Waals surface area contributed by atoms with Crippen LogP contribution in [0.3, 0.4) is 0 Å². The average molecular weight is 410 g/mol. The molecule has 0 saturated heterocycles. The molecule has 0 fully saturated rings. The molecule has 0 bridgehead atoms. The summed E-state index contributed by atoms with van der Waals surface area (Å²) in [6.07, 6.45) is 1.48. The SMILES string of the molecule is CN(Cc1ccco1)C(=O)COC(=O)CNC(=O)c1ccc(Cl)c([N+](=O)[O-])c1. The molecule has 2 aromatic rings. The highest BCUT2D eigenvalue weighted by molar-refractivity contribution is 6.32. The van der Waals surface area contributed by atoms with Crippen molar-refractivity contribution in [1.29, 1.82) is 0 Å². The normalized spacial score (nSPS) is 10.2. The Labute approximate surface area is 164 Å². The van der Waals surface area contributed by atoms with Gasteiger partial charge in [-0.25, -0.2) is 0 Å². The van der Waals surface area contributed by atoms with Gasteiger partial charge < -0.3 is 19.4 Å². The van der Waals surface area contributed by atoms with Crippen molar-refractivity contribution in [3.05, 3.63) is 63.1 Å². The number of furan rings is 1. The molecule has 0 saturated carbocycles. The first kappa shape index (κ1) is 20.9. The summed E-state index contributed by atoms with van der Waals surface area (Å²) in [7, 11) is 1.52. The number of esters is 1. The maximum absolute atomic E-state index is 12.0. The molecule has 2 amide bonds. The first-order valence-corrected chi connectivity index (χ1v) is 8.30. The van der Waals surface area contributed by atoms with E-state index in [1.54, 1.807) is 12.1 Å². The van der Waals surface area contributed by atoms with Crippen LogP contribution < -0.4 is 5.32 Å². The highest BCUT2D eigenvalue weighted by Gasteiger charge is 2.18. The van der Waals surface area contributed by atoms with Crippen LogP contribution in [0.5, 0.6) is 0 Å². The molecule has 1 heterocycles. The number of likely N-dealkylation sites (N-methyl/N-ethyl adjacent to an activating group) is 1. The summed E-state index contributed by atoms with van der Waals surface area (Å²) in [6.45, 7) is -0.793. The van der Waals surface area contributed by atoms with E-state index in [-0.39, 0.29) is 17.1 Å². The summed E-state index contributed by atoms with van der Waals surface area (Å²) in [5, 5.41) is 13.0. The van der Waals surface area contributed by atoms with Crippen LogP contribution in [0.15, 0.2) is 41.0 Å². The predicted octanol–water partition coefficient (Wildman–Crippen LogP) is 1.77. The van der Waals surface area contributed by atoms with Crippen molar-refractivity contribution < 1.29 is 28.5 Å². The van der Waals surface area contributed by atoms with Crippen molar-refractivity contribution in [2.75, 3.05) is 20.2 Å². The number of rotatable bonds is 8. The first-order valence-electron chi connectivity index (χ1n) is 7.92. The third kappa shape index (κ3) is 5.81. The Kier molecular flexibility index (Phi) is 7.10. The van der Waals surface area contributed by atoms with Crippen LogP contribution in [0, 0.1) is 10.1 Å². The largest absolute Gasteiger partial charge is 0.467 e. The van der Waals surface area contributed by atoms with E-state index in [2.05, 4.69) is 5.32 Å². The van der Waals surface area contributed by atoms with Gasteiger partial charge in [0, 0.05) is 18.7 Å². The van der Waals surface area contributed by atoms with Crippen LogP contribution in [-0.4, -0.2) is 47.8 Å². The lowest BCUT2D eigenvalue weighted by molar-refractivity contribution is -0.384. The zero-order chi connectivity index (χ0) is 20.7. The van der Waals surface area contributed by atoms with E-state index < -0.39 is 41.5 Å². The molecule has 28 heavy (non-hydrogen) atoms. The molecule has 0 radical (unpaired) electrons. The summed E-state index contributed by atoms with van der Waals surface area (Å²) in [5.74, 6) is -1.44. The van der Waals surface area contributed by atoms with Gasteiger partial charge >= 0.3 is 5.97 Å². The second kappa shape index (κ2) is 9.51. The van der Waals surface area contributed by atoms with Crippen LogP contribution in [-0.2, 0) is 20.9 Å². The number of benzene rings is 1. The molecule has 1 aromatic carbocycles. The van der Waals surface area contributed by atoms with Gasteiger partial charge in [0.25, 0.3) is 17.5 Å². The minimum Gasteiger partial charge on any atom is -0.467 e. The number of carbonyl (C=O) groups is 3. The standard InChI is InChI=1S/C17H16ClN3O7/c1-20(9-12-3-2-6-27-12)15(22)10-28-16(23)8-19-17(24)11-4-5-13(18)14(7-11)21(25)26/h2-7H,8-10H2,1H3,(H,19,24). The summed E-state index contributed by atoms with van der Waals surface area (Å²) < 4.78 is 9.92. The van der Waals surface area contributed by atoms with Gasteiger partial charge in [0.05, 0.1) is 17.7 Å². The van der Waals surface area contributed by atoms with Gasteiger partial charge in [-0.15, -0.1) is 0 Å². The molecule has 0 aliphatic rings. The molecule has 1 N–H and O–H groups in total. The van der Waals surface area contributed by atoms with Gasteiger partial charge in [-0.2, -0.15) is 0 Å². The lowest BCUT2D eigenvalue weighted by Crippen LogP contribution is -2.34. The van der Waals surface area contributed by atoms with Gasteiger partial charge in [0.2, 0.25) is 0 Å². The molecule has 0 spiro atoms. The maximum atomic E-state index is 12.0. The molecule has 10 nitrogen and oxygen atoms in total. The van der Waals surface area contributed by atoms with Crippen molar-refractivity contribution in [3.63, 3.8) is 0 Å². The van der Waals surface area contributed by atoms with E-state index in [1.807, 2.05) is 0 Å². The fourth-order valence-corrected chi connectivity index (χ4v) is 2.26. The van der Waals surface area contributed by atoms with E-state index in [0.29, 0.717) is 5.76 Å². The minimum absolute atomic E-state index is 0.0434. The Bertz CT molecular complexity index is 883. The zero-order valence-corrected chi connectivity index (χ0v) is 15.5. The fourth-order valence-electron chi connectivity index (χ4n) is 2.08. The first-order chi connectivity index (χ1) is 13.3. The third-order valence-corrected chi connectivity index (χ3v) is 3.87. The Balaban J connectivity index is 1.79. The molecule has 11 heteroatoms. The van der Waals surface area contributed by atoms with E-state index in [4.69, 9.17) is 20.8 Å². The molecule has 0 atom stereocenters. The van der Waals surface area contributed by atoms with Crippen molar-refractivity contribution in [2.45, 2.75) is 6.54 Å². The van der Waals surface area contributed by atoms with Gasteiger partial charge in [0.15, 0.2) is 6.61 Å². The number of nitro benzene ring substituents is 1. The van der Waals surface area contributed by atoms with Crippen LogP contribution in [0.25, 0.3) is 0 Å². The van der Waals surface area contributed by atoms with Crippen LogP contribution in [0.1, 0.15) is 16.1 Å². The third-order valence-electron chi connectivity index (χ3n) is 3.55. The van der Waals surface area contributed by atoms with Crippen molar-refractivity contribution >= 4 is 35.1 Å². The lowest BCUT2D eigenvalue weighted by Gasteiger charge is -2.15. The van der Waals surface area contributed by atoms with Crippen molar-refractivity contribution in [2.24, 2.45) is 0 Å². The van der Waals surface area contributed by atoms with Crippen LogP contribution >= 0.6 is 11.6 Å². The number of nitrogens with one attached hydrogen (secondary N) is 1. The van der Waals surface area contributed by atoms with Gasteiger partial charge in [-0.1, -0.05) is 11.6 Å². The molecule has 1 aromatic heterocycles. The predicted molar refractivity (Wildman–Crippen MR) is 96.6 cm³/mol. The molecule has 0 aliphatic heterocycles. The number of nitrogens with zero attached hydrogens (tertiary/aromatic N) is 2. The molecule has 2 rings (SSSR count). The second-order valence-corrected chi connectivity index (χ2v) is 6.00. The van der Waals surface area contributed by atoms with Crippen molar-refractivity contribution in [3.8, 4) is 0 Å². The van der Waals surface area contributed by atoms with Gasteiger partial charge in [0.1, 0.15) is 17.3 Å². The Hall–Kier alpha value is -3.40. The molecule has 148 valence electrons. The Morgan fingerprint density at radius 2 is 2.07 bits per heavy atom. The van der Waals surface area contributed by atoms with Gasteiger partial charge in [-0.05, 0) is 24.3 Å². The van der Waals surface area contributed by atoms with E-state index >= 15 is 0 Å². The molecular weight excluding hydrogens is 394 g/mol.